The van der Waals surface area contributed by atoms with Crippen molar-refractivity contribution in [3.63, 3.8) is 0 Å². The number of piperidine rings is 1. The van der Waals surface area contributed by atoms with Crippen molar-refractivity contribution >= 4 is 15.9 Å². The number of carbonyl (C=O) groups excluding carboxylic acids is 1. The molecule has 1 heterocycles. The van der Waals surface area contributed by atoms with Crippen molar-refractivity contribution in [2.75, 3.05) is 26.7 Å². The normalized spacial score (nSPS) is 20.2. The van der Waals surface area contributed by atoms with Gasteiger partial charge in [0.2, 0.25) is 10.0 Å². The van der Waals surface area contributed by atoms with E-state index < -0.39 is 10.0 Å². The zero-order valence-electron chi connectivity index (χ0n) is 12.1. The third-order valence-corrected chi connectivity index (χ3v) is 5.68. The van der Waals surface area contributed by atoms with Gasteiger partial charge in [-0.15, -0.1) is 0 Å². The summed E-state index contributed by atoms with van der Waals surface area (Å²) in [6, 6.07) is 6.00. The van der Waals surface area contributed by atoms with Crippen molar-refractivity contribution in [1.29, 1.82) is 0 Å². The maximum Gasteiger partial charge on any atom is 0.251 e. The lowest BCUT2D eigenvalue weighted by Crippen LogP contribution is -2.41. The molecular formula is C14H21N3O3S. The molecule has 2 rings (SSSR count). The molecular weight excluding hydrogens is 290 g/mol. The molecule has 0 radical (unpaired) electrons. The highest BCUT2D eigenvalue weighted by molar-refractivity contribution is 7.89. The van der Waals surface area contributed by atoms with E-state index in [0.717, 1.165) is 12.8 Å². The molecule has 7 heteroatoms. The molecule has 0 spiro atoms. The topological polar surface area (TPSA) is 92.5 Å². The van der Waals surface area contributed by atoms with E-state index in [-0.39, 0.29) is 16.7 Å². The third kappa shape index (κ3) is 3.42. The van der Waals surface area contributed by atoms with Crippen molar-refractivity contribution in [3.05, 3.63) is 29.8 Å². The summed E-state index contributed by atoms with van der Waals surface area (Å²) in [7, 11) is -1.97. The molecule has 21 heavy (non-hydrogen) atoms. The third-order valence-electron chi connectivity index (χ3n) is 3.80. The Labute approximate surface area is 125 Å². The van der Waals surface area contributed by atoms with E-state index >= 15 is 0 Å². The average molecular weight is 311 g/mol. The number of amides is 1. The Morgan fingerprint density at radius 1 is 1.38 bits per heavy atom. The fourth-order valence-electron chi connectivity index (χ4n) is 2.51. The molecule has 1 aliphatic heterocycles. The van der Waals surface area contributed by atoms with Crippen LogP contribution in [-0.4, -0.2) is 45.3 Å². The lowest BCUT2D eigenvalue weighted by molar-refractivity contribution is 0.0963. The molecule has 1 aromatic carbocycles. The Morgan fingerprint density at radius 3 is 2.62 bits per heavy atom. The maximum atomic E-state index is 12.6. The van der Waals surface area contributed by atoms with Gasteiger partial charge in [-0.25, -0.2) is 8.42 Å². The number of nitrogens with one attached hydrogen (secondary N) is 1. The van der Waals surface area contributed by atoms with Crippen LogP contribution in [0.25, 0.3) is 0 Å². The van der Waals surface area contributed by atoms with Gasteiger partial charge < -0.3 is 11.1 Å². The highest BCUT2D eigenvalue weighted by Crippen LogP contribution is 2.23. The summed E-state index contributed by atoms with van der Waals surface area (Å²) in [4.78, 5) is 11.7. The zero-order chi connectivity index (χ0) is 15.5. The number of carbonyl (C=O) groups is 1. The predicted octanol–water partition coefficient (Wildman–Crippen LogP) is 0.406. The van der Waals surface area contributed by atoms with Crippen LogP contribution in [0.1, 0.15) is 23.2 Å². The Kier molecular flexibility index (Phi) is 4.97. The Morgan fingerprint density at radius 2 is 2.05 bits per heavy atom. The van der Waals surface area contributed by atoms with E-state index in [9.17, 15) is 13.2 Å². The molecule has 116 valence electrons. The van der Waals surface area contributed by atoms with Crippen molar-refractivity contribution in [2.24, 2.45) is 11.7 Å². The fraction of sp³-hybridized carbons (Fsp3) is 0.500. The minimum absolute atomic E-state index is 0.216. The number of hydrogen-bond acceptors (Lipinski definition) is 4. The lowest BCUT2D eigenvalue weighted by atomic mass is 10.0. The molecule has 1 amide bonds. The molecule has 1 unspecified atom stereocenters. The smallest absolute Gasteiger partial charge is 0.251 e. The van der Waals surface area contributed by atoms with Gasteiger partial charge in [0.15, 0.2) is 0 Å². The number of nitrogens with zero attached hydrogens (tertiary/aromatic N) is 1. The molecule has 0 saturated carbocycles. The second-order valence-corrected chi connectivity index (χ2v) is 7.15. The first-order valence-electron chi connectivity index (χ1n) is 7.01. The minimum Gasteiger partial charge on any atom is -0.355 e. The average Bonchev–Trinajstić information content (AvgIpc) is 2.54. The van der Waals surface area contributed by atoms with Gasteiger partial charge in [0, 0.05) is 25.7 Å². The molecule has 6 nitrogen and oxygen atoms in total. The minimum atomic E-state index is -3.51. The van der Waals surface area contributed by atoms with Crippen molar-refractivity contribution in [2.45, 2.75) is 17.7 Å². The molecule has 1 fully saturated rings. The van der Waals surface area contributed by atoms with Gasteiger partial charge in [0.1, 0.15) is 0 Å². The summed E-state index contributed by atoms with van der Waals surface area (Å²) >= 11 is 0. The van der Waals surface area contributed by atoms with Crippen LogP contribution in [0.3, 0.4) is 0 Å². The van der Waals surface area contributed by atoms with Crippen LogP contribution < -0.4 is 11.1 Å². The SMILES string of the molecule is CNC(=O)c1ccc(S(=O)(=O)N2CCCC(CN)C2)cc1. The Bertz CT molecular complexity index is 598. The molecule has 3 N–H and O–H groups in total. The predicted molar refractivity (Wildman–Crippen MR) is 80.4 cm³/mol. The molecule has 0 aromatic heterocycles. The first-order chi connectivity index (χ1) is 9.98. The summed E-state index contributed by atoms with van der Waals surface area (Å²) in [6.07, 6.45) is 1.80. The van der Waals surface area contributed by atoms with Crippen molar-refractivity contribution in [1.82, 2.24) is 9.62 Å². The van der Waals surface area contributed by atoms with E-state index in [2.05, 4.69) is 5.32 Å². The molecule has 1 saturated heterocycles. The van der Waals surface area contributed by atoms with Crippen LogP contribution in [0.4, 0.5) is 0 Å². The first kappa shape index (κ1) is 15.9. The highest BCUT2D eigenvalue weighted by Gasteiger charge is 2.29. The fourth-order valence-corrected chi connectivity index (χ4v) is 4.06. The van der Waals surface area contributed by atoms with Crippen LogP contribution in [0.15, 0.2) is 29.2 Å². The Balaban J connectivity index is 2.21. The number of benzene rings is 1. The lowest BCUT2D eigenvalue weighted by Gasteiger charge is -2.31. The van der Waals surface area contributed by atoms with E-state index in [1.54, 1.807) is 0 Å². The summed E-state index contributed by atoms with van der Waals surface area (Å²) in [5.74, 6) is -0.0150. The van der Waals surface area contributed by atoms with E-state index in [0.29, 0.717) is 25.2 Å². The number of nitrogens with two attached hydrogens (primary N) is 1. The molecule has 0 bridgehead atoms. The molecule has 1 aliphatic rings. The second kappa shape index (κ2) is 6.55. The standard InChI is InChI=1S/C14H21N3O3S/c1-16-14(18)12-4-6-13(7-5-12)21(19,20)17-8-2-3-11(9-15)10-17/h4-7,11H,2-3,8-10,15H2,1H3,(H,16,18). The molecule has 1 atom stereocenters. The summed E-state index contributed by atoms with van der Waals surface area (Å²) in [6.45, 7) is 1.49. The number of rotatable bonds is 4. The summed E-state index contributed by atoms with van der Waals surface area (Å²) < 4.78 is 26.7. The van der Waals surface area contributed by atoms with E-state index in [4.69, 9.17) is 5.73 Å². The number of sulfonamides is 1. The first-order valence-corrected chi connectivity index (χ1v) is 8.45. The van der Waals surface area contributed by atoms with E-state index in [1.165, 1.54) is 35.6 Å². The zero-order valence-corrected chi connectivity index (χ0v) is 12.9. The van der Waals surface area contributed by atoms with Gasteiger partial charge in [0.25, 0.3) is 5.91 Å². The van der Waals surface area contributed by atoms with Gasteiger partial charge in [-0.1, -0.05) is 0 Å². The van der Waals surface area contributed by atoms with Gasteiger partial charge in [-0.3, -0.25) is 4.79 Å². The molecule has 0 aliphatic carbocycles. The monoisotopic (exact) mass is 311 g/mol. The quantitative estimate of drug-likeness (QED) is 0.842. The highest BCUT2D eigenvalue weighted by atomic mass is 32.2. The van der Waals surface area contributed by atoms with E-state index in [1.807, 2.05) is 0 Å². The summed E-state index contributed by atoms with van der Waals surface area (Å²) in [5.41, 5.74) is 6.09. The van der Waals surface area contributed by atoms with Crippen LogP contribution in [0.2, 0.25) is 0 Å². The van der Waals surface area contributed by atoms with Crippen LogP contribution >= 0.6 is 0 Å². The van der Waals surface area contributed by atoms with Crippen molar-refractivity contribution < 1.29 is 13.2 Å². The second-order valence-electron chi connectivity index (χ2n) is 5.21. The van der Waals surface area contributed by atoms with Crippen LogP contribution in [0.5, 0.6) is 0 Å². The maximum absolute atomic E-state index is 12.6. The van der Waals surface area contributed by atoms with Crippen LogP contribution in [-0.2, 0) is 10.0 Å². The largest absolute Gasteiger partial charge is 0.355 e. The van der Waals surface area contributed by atoms with Gasteiger partial charge >= 0.3 is 0 Å². The summed E-state index contributed by atoms with van der Waals surface area (Å²) in [5, 5.41) is 2.50. The van der Waals surface area contributed by atoms with Gasteiger partial charge in [-0.2, -0.15) is 4.31 Å². The number of hydrogen-bond donors (Lipinski definition) is 2. The van der Waals surface area contributed by atoms with Crippen LogP contribution in [0, 0.1) is 5.92 Å². The van der Waals surface area contributed by atoms with Gasteiger partial charge in [0.05, 0.1) is 4.90 Å². The van der Waals surface area contributed by atoms with Crippen molar-refractivity contribution in [3.8, 4) is 0 Å². The van der Waals surface area contributed by atoms with Gasteiger partial charge in [-0.05, 0) is 49.6 Å². The Hall–Kier alpha value is -1.44. The molecule has 1 aromatic rings.